The van der Waals surface area contributed by atoms with Crippen LogP contribution in [-0.2, 0) is 5.41 Å². The first kappa shape index (κ1) is 17.0. The quantitative estimate of drug-likeness (QED) is 0.517. The van der Waals surface area contributed by atoms with Crippen molar-refractivity contribution < 1.29 is 0 Å². The molecule has 0 aromatic heterocycles. The van der Waals surface area contributed by atoms with E-state index in [1.165, 1.54) is 45.4 Å². The smallest absolute Gasteiger partial charge is 0.0710 e. The van der Waals surface area contributed by atoms with E-state index < -0.39 is 0 Å². The summed E-state index contributed by atoms with van der Waals surface area (Å²) in [6.07, 6.45) is 19.2. The molecule has 2 aromatic carbocycles. The molecule has 0 radical (unpaired) electrons. The summed E-state index contributed by atoms with van der Waals surface area (Å²) in [5.41, 5.74) is 9.98. The number of benzene rings is 2. The minimum Gasteiger partial charge on any atom is -0.0801 e. The molecule has 0 amide bonds. The van der Waals surface area contributed by atoms with Gasteiger partial charge in [-0.3, -0.25) is 0 Å². The predicted octanol–water partition coefficient (Wildman–Crippen LogP) is 7.31. The van der Waals surface area contributed by atoms with Crippen molar-refractivity contribution in [3.05, 3.63) is 119 Å². The molecule has 0 saturated heterocycles. The van der Waals surface area contributed by atoms with Crippen LogP contribution >= 0.6 is 0 Å². The maximum absolute atomic E-state index is 2.58. The Balaban J connectivity index is 1.71. The molecule has 2 aromatic rings. The minimum atomic E-state index is -0.231. The van der Waals surface area contributed by atoms with Crippen molar-refractivity contribution >= 4 is 0 Å². The molecule has 2 unspecified atom stereocenters. The molecule has 2 atom stereocenters. The largest absolute Gasteiger partial charge is 0.0801 e. The van der Waals surface area contributed by atoms with Gasteiger partial charge in [0.15, 0.2) is 0 Å². The van der Waals surface area contributed by atoms with Crippen molar-refractivity contribution in [3.8, 4) is 11.1 Å². The highest BCUT2D eigenvalue weighted by Crippen LogP contribution is 2.62. The van der Waals surface area contributed by atoms with Gasteiger partial charge in [-0.05, 0) is 64.5 Å². The van der Waals surface area contributed by atoms with Crippen LogP contribution in [0.2, 0.25) is 0 Å². The van der Waals surface area contributed by atoms with Crippen molar-refractivity contribution in [1.29, 1.82) is 0 Å². The number of rotatable bonds is 2. The summed E-state index contributed by atoms with van der Waals surface area (Å²) in [6, 6.07) is 18.1. The lowest BCUT2D eigenvalue weighted by Gasteiger charge is -2.36. The van der Waals surface area contributed by atoms with E-state index in [9.17, 15) is 0 Å². The zero-order valence-electron chi connectivity index (χ0n) is 17.2. The second-order valence-electron chi connectivity index (χ2n) is 9.35. The highest BCUT2D eigenvalue weighted by atomic mass is 14.6. The third-order valence-corrected chi connectivity index (χ3v) is 7.47. The molecule has 0 heterocycles. The Bertz CT molecular complexity index is 1130. The van der Waals surface area contributed by atoms with Gasteiger partial charge >= 0.3 is 0 Å². The van der Waals surface area contributed by atoms with Crippen LogP contribution in [0.15, 0.2) is 108 Å². The van der Waals surface area contributed by atoms with Gasteiger partial charge in [-0.25, -0.2) is 0 Å². The summed E-state index contributed by atoms with van der Waals surface area (Å²) in [4.78, 5) is 0. The Kier molecular flexibility index (Phi) is 3.42. The maximum Gasteiger partial charge on any atom is 0.0710 e. The fourth-order valence-corrected chi connectivity index (χ4v) is 5.66. The second-order valence-corrected chi connectivity index (χ2v) is 9.35. The molecule has 0 nitrogen and oxygen atoms in total. The summed E-state index contributed by atoms with van der Waals surface area (Å²) in [7, 11) is 0. The van der Waals surface area contributed by atoms with Gasteiger partial charge in [-0.2, -0.15) is 0 Å². The zero-order chi connectivity index (χ0) is 19.6. The van der Waals surface area contributed by atoms with E-state index in [4.69, 9.17) is 0 Å². The van der Waals surface area contributed by atoms with E-state index in [1.54, 1.807) is 0 Å². The first-order valence-electron chi connectivity index (χ1n) is 10.8. The summed E-state index contributed by atoms with van der Waals surface area (Å²) in [5.74, 6) is 0.673. The molecule has 4 aliphatic rings. The lowest BCUT2D eigenvalue weighted by molar-refractivity contribution is 0.663. The summed E-state index contributed by atoms with van der Waals surface area (Å²) in [5, 5.41) is 0. The van der Waals surface area contributed by atoms with Crippen LogP contribution in [0.1, 0.15) is 37.8 Å². The topological polar surface area (TPSA) is 0 Å². The molecule has 0 aliphatic heterocycles. The number of hydrogen-bond acceptors (Lipinski definition) is 0. The van der Waals surface area contributed by atoms with E-state index >= 15 is 0 Å². The van der Waals surface area contributed by atoms with Crippen LogP contribution in [0.25, 0.3) is 11.1 Å². The first-order chi connectivity index (χ1) is 14.1. The van der Waals surface area contributed by atoms with Crippen molar-refractivity contribution in [1.82, 2.24) is 0 Å². The lowest BCUT2D eigenvalue weighted by Crippen LogP contribution is -2.30. The third kappa shape index (κ3) is 2.26. The van der Waals surface area contributed by atoms with E-state index in [2.05, 4.69) is 105 Å². The molecular formula is C29H26. The molecule has 1 saturated carbocycles. The predicted molar refractivity (Wildman–Crippen MR) is 122 cm³/mol. The van der Waals surface area contributed by atoms with Gasteiger partial charge in [-0.15, -0.1) is 0 Å². The standard InChI is InChI=1S/C29H26/c1-20-8-7-9-21(15-14-20)29(22-16-17-28(2)19-23(28)18-22)26-12-5-3-10-24(26)25-11-4-6-13-27(25)29/h3-7,9-18,23H,8,19H2,1-2H3. The SMILES string of the molecule is CC1=CC=C(C2(C3=CC4CC4(C)C=C3)c3ccccc3-c3ccccc32)C=CC1. The van der Waals surface area contributed by atoms with E-state index in [0.29, 0.717) is 11.3 Å². The van der Waals surface area contributed by atoms with E-state index in [0.717, 1.165) is 6.42 Å². The number of fused-ring (bicyclic) bond motifs is 4. The average molecular weight is 375 g/mol. The Morgan fingerprint density at radius 1 is 0.828 bits per heavy atom. The molecule has 0 N–H and O–H groups in total. The van der Waals surface area contributed by atoms with Crippen molar-refractivity contribution in [2.45, 2.75) is 32.1 Å². The van der Waals surface area contributed by atoms with Gasteiger partial charge < -0.3 is 0 Å². The molecule has 0 spiro atoms. The van der Waals surface area contributed by atoms with Crippen LogP contribution in [0, 0.1) is 11.3 Å². The van der Waals surface area contributed by atoms with E-state index in [1.807, 2.05) is 0 Å². The fourth-order valence-electron chi connectivity index (χ4n) is 5.66. The monoisotopic (exact) mass is 374 g/mol. The summed E-state index contributed by atoms with van der Waals surface area (Å²) in [6.45, 7) is 4.62. The molecule has 0 bridgehead atoms. The average Bonchev–Trinajstić information content (AvgIpc) is 3.40. The van der Waals surface area contributed by atoms with Gasteiger partial charge in [0.05, 0.1) is 5.41 Å². The minimum absolute atomic E-state index is 0.231. The van der Waals surface area contributed by atoms with E-state index in [-0.39, 0.29) is 5.41 Å². The Labute approximate surface area is 173 Å². The lowest BCUT2D eigenvalue weighted by atomic mass is 9.65. The fraction of sp³-hybridized carbons (Fsp3) is 0.241. The molecule has 6 rings (SSSR count). The van der Waals surface area contributed by atoms with Crippen LogP contribution in [-0.4, -0.2) is 0 Å². The van der Waals surface area contributed by atoms with Crippen LogP contribution < -0.4 is 0 Å². The van der Waals surface area contributed by atoms with Gasteiger partial charge in [-0.1, -0.05) is 104 Å². The normalized spacial score (nSPS) is 27.8. The number of hydrogen-bond donors (Lipinski definition) is 0. The van der Waals surface area contributed by atoms with Crippen molar-refractivity contribution in [3.63, 3.8) is 0 Å². The van der Waals surface area contributed by atoms with Crippen LogP contribution in [0.3, 0.4) is 0 Å². The van der Waals surface area contributed by atoms with Crippen molar-refractivity contribution in [2.75, 3.05) is 0 Å². The van der Waals surface area contributed by atoms with Gasteiger partial charge in [0.1, 0.15) is 0 Å². The molecular weight excluding hydrogens is 348 g/mol. The van der Waals surface area contributed by atoms with Gasteiger partial charge in [0, 0.05) is 0 Å². The first-order valence-corrected chi connectivity index (χ1v) is 10.8. The summed E-state index contributed by atoms with van der Waals surface area (Å²) >= 11 is 0. The Hall–Kier alpha value is -2.86. The highest BCUT2D eigenvalue weighted by molar-refractivity contribution is 5.87. The van der Waals surface area contributed by atoms with Gasteiger partial charge in [0.2, 0.25) is 0 Å². The van der Waals surface area contributed by atoms with Crippen LogP contribution in [0.5, 0.6) is 0 Å². The molecule has 29 heavy (non-hydrogen) atoms. The summed E-state index contributed by atoms with van der Waals surface area (Å²) < 4.78 is 0. The Morgan fingerprint density at radius 3 is 2.21 bits per heavy atom. The molecule has 142 valence electrons. The van der Waals surface area contributed by atoms with Gasteiger partial charge in [0.25, 0.3) is 0 Å². The number of allylic oxidation sites excluding steroid dienone is 10. The van der Waals surface area contributed by atoms with Crippen molar-refractivity contribution in [2.24, 2.45) is 11.3 Å². The molecule has 4 aliphatic carbocycles. The molecule has 0 heteroatoms. The Morgan fingerprint density at radius 2 is 1.52 bits per heavy atom. The molecule has 1 fully saturated rings. The second kappa shape index (κ2) is 5.83. The third-order valence-electron chi connectivity index (χ3n) is 7.47. The van der Waals surface area contributed by atoms with Crippen LogP contribution in [0.4, 0.5) is 0 Å². The maximum atomic E-state index is 2.58. The zero-order valence-corrected chi connectivity index (χ0v) is 17.2. The highest BCUT2D eigenvalue weighted by Gasteiger charge is 2.53.